The fourth-order valence-corrected chi connectivity index (χ4v) is 1.77. The molecule has 1 rings (SSSR count). The van der Waals surface area contributed by atoms with Crippen LogP contribution in [0.1, 0.15) is 20.8 Å². The van der Waals surface area contributed by atoms with Gasteiger partial charge in [-0.05, 0) is 32.9 Å². The summed E-state index contributed by atoms with van der Waals surface area (Å²) in [6.45, 7) is 9.77. The van der Waals surface area contributed by atoms with E-state index >= 15 is 0 Å². The second kappa shape index (κ2) is 7.84. The van der Waals surface area contributed by atoms with Crippen LogP contribution in [0.3, 0.4) is 0 Å². The van der Waals surface area contributed by atoms with E-state index < -0.39 is 11.6 Å². The van der Waals surface area contributed by atoms with Crippen molar-refractivity contribution in [2.75, 3.05) is 20.3 Å². The molecule has 0 fully saturated rings. The van der Waals surface area contributed by atoms with Crippen molar-refractivity contribution in [1.29, 1.82) is 0 Å². The van der Waals surface area contributed by atoms with Crippen molar-refractivity contribution in [2.45, 2.75) is 26.4 Å². The average Bonchev–Trinajstić information content (AvgIpc) is 2.43. The van der Waals surface area contributed by atoms with Crippen LogP contribution in [0.2, 0.25) is 0 Å². The summed E-state index contributed by atoms with van der Waals surface area (Å²) in [6.07, 6.45) is 0. The number of esters is 1. The highest BCUT2D eigenvalue weighted by atomic mass is 16.6. The lowest BCUT2D eigenvalue weighted by Gasteiger charge is -2.33. The van der Waals surface area contributed by atoms with Gasteiger partial charge in [-0.3, -0.25) is 0 Å². The van der Waals surface area contributed by atoms with Crippen molar-refractivity contribution in [1.82, 2.24) is 0 Å². The number of hydrogen-bond acceptors (Lipinski definition) is 4. The zero-order valence-electron chi connectivity index (χ0n) is 13.2. The number of carbonyl (C=O) groups excluding carboxylic acids is 1. The number of rotatable bonds is 8. The molecule has 1 unspecified atom stereocenters. The largest absolute Gasteiger partial charge is 0.493 e. The molecule has 0 amide bonds. The van der Waals surface area contributed by atoms with E-state index in [1.807, 2.05) is 44.2 Å². The standard InChI is InChI=1S/C17H24O4/c1-13(2)16(18)21-17(3,4)14(11-19-5)12-20-15-9-7-6-8-10-15/h6-10,14H,1,11-12H2,2-5H3. The van der Waals surface area contributed by atoms with E-state index in [4.69, 9.17) is 14.2 Å². The first-order valence-corrected chi connectivity index (χ1v) is 6.92. The van der Waals surface area contributed by atoms with Gasteiger partial charge in [0.25, 0.3) is 0 Å². The van der Waals surface area contributed by atoms with E-state index in [2.05, 4.69) is 6.58 Å². The quantitative estimate of drug-likeness (QED) is 0.545. The van der Waals surface area contributed by atoms with Gasteiger partial charge in [-0.15, -0.1) is 0 Å². The lowest BCUT2D eigenvalue weighted by atomic mass is 9.92. The molecular weight excluding hydrogens is 268 g/mol. The van der Waals surface area contributed by atoms with Crippen molar-refractivity contribution >= 4 is 5.97 Å². The molecule has 0 aliphatic heterocycles. The van der Waals surface area contributed by atoms with Gasteiger partial charge in [-0.2, -0.15) is 0 Å². The van der Waals surface area contributed by atoms with Crippen molar-refractivity contribution in [3.05, 3.63) is 42.5 Å². The van der Waals surface area contributed by atoms with Crippen LogP contribution in [0.25, 0.3) is 0 Å². The summed E-state index contributed by atoms with van der Waals surface area (Å²) in [7, 11) is 1.62. The van der Waals surface area contributed by atoms with Crippen LogP contribution in [0.15, 0.2) is 42.5 Å². The van der Waals surface area contributed by atoms with Gasteiger partial charge in [0.15, 0.2) is 0 Å². The number of methoxy groups -OCH3 is 1. The molecule has 1 atom stereocenters. The van der Waals surface area contributed by atoms with Gasteiger partial charge in [-0.25, -0.2) is 4.79 Å². The second-order valence-corrected chi connectivity index (χ2v) is 5.55. The molecule has 0 aliphatic rings. The van der Waals surface area contributed by atoms with Crippen molar-refractivity contribution < 1.29 is 19.0 Å². The number of carbonyl (C=O) groups is 1. The Hall–Kier alpha value is -1.81. The first kappa shape index (κ1) is 17.2. The predicted molar refractivity (Wildman–Crippen MR) is 82.3 cm³/mol. The maximum Gasteiger partial charge on any atom is 0.333 e. The molecule has 21 heavy (non-hydrogen) atoms. The van der Waals surface area contributed by atoms with Gasteiger partial charge >= 0.3 is 5.97 Å². The summed E-state index contributed by atoms with van der Waals surface area (Å²) >= 11 is 0. The number of hydrogen-bond donors (Lipinski definition) is 0. The van der Waals surface area contributed by atoms with Crippen LogP contribution in [0, 0.1) is 5.92 Å². The van der Waals surface area contributed by atoms with Crippen molar-refractivity contribution in [2.24, 2.45) is 5.92 Å². The zero-order valence-corrected chi connectivity index (χ0v) is 13.2. The Morgan fingerprint density at radius 3 is 2.38 bits per heavy atom. The normalized spacial score (nSPS) is 12.6. The summed E-state index contributed by atoms with van der Waals surface area (Å²) < 4.78 is 16.5. The third-order valence-corrected chi connectivity index (χ3v) is 3.25. The molecule has 4 heteroatoms. The molecule has 0 aromatic heterocycles. The molecule has 0 bridgehead atoms. The van der Waals surface area contributed by atoms with Crippen LogP contribution in [-0.4, -0.2) is 31.9 Å². The monoisotopic (exact) mass is 292 g/mol. The molecule has 0 saturated heterocycles. The average molecular weight is 292 g/mol. The SMILES string of the molecule is C=C(C)C(=O)OC(C)(C)C(COC)COc1ccccc1. The summed E-state index contributed by atoms with van der Waals surface area (Å²) in [5, 5.41) is 0. The van der Waals surface area contributed by atoms with Gasteiger partial charge < -0.3 is 14.2 Å². The lowest BCUT2D eigenvalue weighted by Crippen LogP contribution is -2.42. The second-order valence-electron chi connectivity index (χ2n) is 5.55. The fourth-order valence-electron chi connectivity index (χ4n) is 1.77. The molecule has 0 heterocycles. The Bertz CT molecular complexity index is 465. The minimum atomic E-state index is -0.708. The molecule has 0 N–H and O–H groups in total. The molecule has 1 aromatic rings. The minimum absolute atomic E-state index is 0.0917. The summed E-state index contributed by atoms with van der Waals surface area (Å²) in [5.74, 6) is 0.285. The molecular formula is C17H24O4. The van der Waals surface area contributed by atoms with Crippen LogP contribution < -0.4 is 4.74 Å². The maximum atomic E-state index is 11.7. The first-order chi connectivity index (χ1) is 9.86. The number of para-hydroxylation sites is 1. The highest BCUT2D eigenvalue weighted by molar-refractivity contribution is 5.87. The van der Waals surface area contributed by atoms with Gasteiger partial charge in [0.1, 0.15) is 11.4 Å². The highest BCUT2D eigenvalue weighted by Gasteiger charge is 2.34. The third kappa shape index (κ3) is 5.60. The zero-order chi connectivity index (χ0) is 15.9. The molecule has 0 radical (unpaired) electrons. The number of ether oxygens (including phenoxy) is 3. The summed E-state index contributed by atoms with van der Waals surface area (Å²) in [6, 6.07) is 9.52. The molecule has 0 spiro atoms. The molecule has 116 valence electrons. The Morgan fingerprint density at radius 1 is 1.24 bits per heavy atom. The molecule has 0 aliphatic carbocycles. The summed E-state index contributed by atoms with van der Waals surface area (Å²) in [5.41, 5.74) is -0.330. The Kier molecular flexibility index (Phi) is 6.43. The number of benzene rings is 1. The molecule has 0 saturated carbocycles. The van der Waals surface area contributed by atoms with Crippen molar-refractivity contribution in [3.8, 4) is 5.75 Å². The van der Waals surface area contributed by atoms with Crippen LogP contribution >= 0.6 is 0 Å². The molecule has 4 nitrogen and oxygen atoms in total. The van der Waals surface area contributed by atoms with E-state index in [-0.39, 0.29) is 5.92 Å². The van der Waals surface area contributed by atoms with Gasteiger partial charge in [0.05, 0.1) is 19.1 Å². The highest BCUT2D eigenvalue weighted by Crippen LogP contribution is 2.24. The fraction of sp³-hybridized carbons (Fsp3) is 0.471. The maximum absolute atomic E-state index is 11.7. The van der Waals surface area contributed by atoms with E-state index in [0.717, 1.165) is 5.75 Å². The van der Waals surface area contributed by atoms with Crippen LogP contribution in [0.4, 0.5) is 0 Å². The van der Waals surface area contributed by atoms with E-state index in [1.54, 1.807) is 14.0 Å². The van der Waals surface area contributed by atoms with Crippen molar-refractivity contribution in [3.63, 3.8) is 0 Å². The van der Waals surface area contributed by atoms with Gasteiger partial charge in [0, 0.05) is 12.7 Å². The Labute approximate surface area is 126 Å². The smallest absolute Gasteiger partial charge is 0.333 e. The molecule has 1 aromatic carbocycles. The first-order valence-electron chi connectivity index (χ1n) is 6.92. The van der Waals surface area contributed by atoms with Crippen LogP contribution in [0.5, 0.6) is 5.75 Å². The summed E-state index contributed by atoms with van der Waals surface area (Å²) in [4.78, 5) is 11.7. The van der Waals surface area contributed by atoms with E-state index in [9.17, 15) is 4.79 Å². The van der Waals surface area contributed by atoms with Gasteiger partial charge in [-0.1, -0.05) is 24.8 Å². The minimum Gasteiger partial charge on any atom is -0.493 e. The Balaban J connectivity index is 2.70. The third-order valence-electron chi connectivity index (χ3n) is 3.25. The van der Waals surface area contributed by atoms with E-state index in [0.29, 0.717) is 18.8 Å². The topological polar surface area (TPSA) is 44.8 Å². The Morgan fingerprint density at radius 2 is 1.86 bits per heavy atom. The predicted octanol–water partition coefficient (Wildman–Crippen LogP) is 3.23. The van der Waals surface area contributed by atoms with Gasteiger partial charge in [0.2, 0.25) is 0 Å². The lowest BCUT2D eigenvalue weighted by molar-refractivity contribution is -0.160. The van der Waals surface area contributed by atoms with E-state index in [1.165, 1.54) is 0 Å². The van der Waals surface area contributed by atoms with Crippen LogP contribution in [-0.2, 0) is 14.3 Å².